The van der Waals surface area contributed by atoms with Gasteiger partial charge in [-0.15, -0.1) is 0 Å². The molecule has 2 N–H and O–H groups in total. The van der Waals surface area contributed by atoms with Gasteiger partial charge in [0.05, 0.1) is 6.16 Å². The highest BCUT2D eigenvalue weighted by Gasteiger charge is 2.44. The highest BCUT2D eigenvalue weighted by molar-refractivity contribution is 7.95. The van der Waals surface area contributed by atoms with E-state index >= 15 is 0 Å². The zero-order chi connectivity index (χ0) is 21.1. The third-order valence-electron chi connectivity index (χ3n) is 5.44. The molecule has 0 unspecified atom stereocenters. The van der Waals surface area contributed by atoms with Crippen molar-refractivity contribution in [1.82, 2.24) is 10.6 Å². The van der Waals surface area contributed by atoms with Gasteiger partial charge < -0.3 is 27.6 Å². The molecule has 164 valence electrons. The van der Waals surface area contributed by atoms with Crippen LogP contribution in [0.4, 0.5) is 0 Å². The lowest BCUT2D eigenvalue weighted by molar-refractivity contribution is -0.120. The van der Waals surface area contributed by atoms with Crippen LogP contribution in [0.5, 0.6) is 0 Å². The molecule has 5 heteroatoms. The molecule has 0 aliphatic heterocycles. The van der Waals surface area contributed by atoms with Crippen LogP contribution in [0, 0.1) is 0 Å². The molecule has 0 heterocycles. The van der Waals surface area contributed by atoms with Gasteiger partial charge in [0.25, 0.3) is 0 Å². The lowest BCUT2D eigenvalue weighted by Gasteiger charge is -2.27. The van der Waals surface area contributed by atoms with Crippen molar-refractivity contribution >= 4 is 29.1 Å². The minimum atomic E-state index is -1.76. The molecule has 3 aromatic rings. The van der Waals surface area contributed by atoms with Crippen molar-refractivity contribution in [3.63, 3.8) is 0 Å². The fraction of sp³-hybridized carbons (Fsp3) is 0.269. The smallest absolute Gasteiger partial charge is 0.221 e. The predicted molar refractivity (Wildman–Crippen MR) is 131 cm³/mol. The minimum Gasteiger partial charge on any atom is -1.00 e. The van der Waals surface area contributed by atoms with E-state index in [9.17, 15) is 4.79 Å². The Labute approximate surface area is 197 Å². The second-order valence-electron chi connectivity index (χ2n) is 7.45. The summed E-state index contributed by atoms with van der Waals surface area (Å²) in [4.78, 5) is 11.9. The van der Waals surface area contributed by atoms with Gasteiger partial charge in [0.1, 0.15) is 23.2 Å². The summed E-state index contributed by atoms with van der Waals surface area (Å²) in [7, 11) is 0.111. The van der Waals surface area contributed by atoms with E-state index in [4.69, 9.17) is 0 Å². The maximum atomic E-state index is 11.9. The first-order valence-corrected chi connectivity index (χ1v) is 12.7. The molecule has 31 heavy (non-hydrogen) atoms. The number of hydrogen-bond acceptors (Lipinski definition) is 2. The van der Waals surface area contributed by atoms with Gasteiger partial charge in [-0.25, -0.2) is 0 Å². The number of nitrogens with one attached hydrogen (secondary N) is 2. The molecule has 0 radical (unpaired) electrons. The van der Waals surface area contributed by atoms with Crippen LogP contribution in [-0.2, 0) is 4.79 Å². The molecule has 3 aromatic carbocycles. The minimum absolute atomic E-state index is 0. The number of benzene rings is 3. The fourth-order valence-electron chi connectivity index (χ4n) is 3.91. The number of hydrogen-bond donors (Lipinski definition) is 2. The molecule has 0 saturated heterocycles. The van der Waals surface area contributed by atoms with Gasteiger partial charge >= 0.3 is 0 Å². The fourth-order valence-corrected chi connectivity index (χ4v) is 8.32. The molecule has 0 saturated carbocycles. The summed E-state index contributed by atoms with van der Waals surface area (Å²) in [5, 5.41) is 10.3. The number of halogens is 1. The molecule has 1 amide bonds. The number of carbonyl (C=O) groups excluding carboxylic acids is 1. The van der Waals surface area contributed by atoms with Crippen LogP contribution in [0.15, 0.2) is 91.0 Å². The van der Waals surface area contributed by atoms with Gasteiger partial charge in [0.2, 0.25) is 5.91 Å². The number of amides is 1. The molecule has 0 fully saturated rings. The molecule has 3 rings (SSSR count). The molecular formula is C26H32BrN2OP. The molecular weight excluding hydrogens is 467 g/mol. The second-order valence-corrected chi connectivity index (χ2v) is 11.1. The Bertz CT molecular complexity index is 794. The Balaban J connectivity index is 0.00000341. The van der Waals surface area contributed by atoms with Crippen LogP contribution in [0.25, 0.3) is 0 Å². The first-order chi connectivity index (χ1) is 14.8. The predicted octanol–water partition coefficient (Wildman–Crippen LogP) is 0.490. The lowest BCUT2D eigenvalue weighted by atomic mass is 10.3. The van der Waals surface area contributed by atoms with Crippen molar-refractivity contribution in [3.8, 4) is 0 Å². The summed E-state index contributed by atoms with van der Waals surface area (Å²) in [6.07, 6.45) is 3.68. The summed E-state index contributed by atoms with van der Waals surface area (Å²) in [6, 6.07) is 32.9. The molecule has 0 aromatic heterocycles. The molecule has 0 aliphatic rings. The first kappa shape index (κ1) is 25.3. The van der Waals surface area contributed by atoms with E-state index in [0.717, 1.165) is 32.1 Å². The molecule has 0 spiro atoms. The van der Waals surface area contributed by atoms with Crippen molar-refractivity contribution in [1.29, 1.82) is 0 Å². The lowest BCUT2D eigenvalue weighted by Crippen LogP contribution is -3.00. The van der Waals surface area contributed by atoms with Crippen molar-refractivity contribution < 1.29 is 21.8 Å². The van der Waals surface area contributed by atoms with Crippen molar-refractivity contribution in [2.24, 2.45) is 0 Å². The van der Waals surface area contributed by atoms with Gasteiger partial charge in [0, 0.05) is 19.5 Å². The summed E-state index contributed by atoms with van der Waals surface area (Å²) in [5.74, 6) is 0.125. The molecule has 0 atom stereocenters. The van der Waals surface area contributed by atoms with E-state index in [2.05, 4.69) is 102 Å². The van der Waals surface area contributed by atoms with E-state index in [1.54, 1.807) is 0 Å². The van der Waals surface area contributed by atoms with E-state index in [1.165, 1.54) is 15.9 Å². The largest absolute Gasteiger partial charge is 1.00 e. The third-order valence-corrected chi connectivity index (χ3v) is 9.96. The Morgan fingerprint density at radius 3 is 1.58 bits per heavy atom. The van der Waals surface area contributed by atoms with Gasteiger partial charge in [-0.1, -0.05) is 54.6 Å². The van der Waals surface area contributed by atoms with E-state index in [-0.39, 0.29) is 22.9 Å². The maximum Gasteiger partial charge on any atom is 0.221 e. The van der Waals surface area contributed by atoms with Crippen LogP contribution in [-0.4, -0.2) is 32.2 Å². The highest BCUT2D eigenvalue weighted by atomic mass is 79.9. The Kier molecular flexibility index (Phi) is 10.9. The topological polar surface area (TPSA) is 41.1 Å². The van der Waals surface area contributed by atoms with Crippen molar-refractivity contribution in [3.05, 3.63) is 91.0 Å². The second kappa shape index (κ2) is 13.4. The summed E-state index contributed by atoms with van der Waals surface area (Å²) >= 11 is 0. The van der Waals surface area contributed by atoms with Gasteiger partial charge in [-0.05, 0) is 56.3 Å². The van der Waals surface area contributed by atoms with Crippen molar-refractivity contribution in [2.45, 2.75) is 19.3 Å². The van der Waals surface area contributed by atoms with Gasteiger partial charge in [0.15, 0.2) is 0 Å². The Hall–Kier alpha value is -2.00. The standard InChI is InChI=1S/C26H31N2OP.BrH/c1-27-21-19-26(29)28-20-11-12-22-30(23-13-5-2-6-14-23,24-15-7-3-8-16-24)25-17-9-4-10-18-25;/h2-10,13-18,27H,11-12,19-22H2,1H3;1H. The zero-order valence-electron chi connectivity index (χ0n) is 18.1. The van der Waals surface area contributed by atoms with E-state index < -0.39 is 7.26 Å². The summed E-state index contributed by atoms with van der Waals surface area (Å²) in [5.41, 5.74) is 0. The number of rotatable bonds is 11. The van der Waals surface area contributed by atoms with Crippen LogP contribution in [0.2, 0.25) is 0 Å². The van der Waals surface area contributed by atoms with Crippen LogP contribution >= 0.6 is 7.26 Å². The monoisotopic (exact) mass is 498 g/mol. The summed E-state index contributed by atoms with van der Waals surface area (Å²) in [6.45, 7) is 1.46. The first-order valence-electron chi connectivity index (χ1n) is 10.7. The average Bonchev–Trinajstić information content (AvgIpc) is 2.82. The highest BCUT2D eigenvalue weighted by Crippen LogP contribution is 2.55. The molecule has 3 nitrogen and oxygen atoms in total. The molecule has 0 aliphatic carbocycles. The third kappa shape index (κ3) is 6.74. The Morgan fingerprint density at radius 2 is 1.16 bits per heavy atom. The SMILES string of the molecule is CNCCC(=O)NCCCC[P+](c1ccccc1)(c1ccccc1)c1ccccc1.[Br-]. The van der Waals surface area contributed by atoms with Crippen molar-refractivity contribution in [2.75, 3.05) is 26.3 Å². The quantitative estimate of drug-likeness (QED) is 0.298. The van der Waals surface area contributed by atoms with Gasteiger partial charge in [-0.2, -0.15) is 0 Å². The van der Waals surface area contributed by atoms with Crippen LogP contribution in [0.3, 0.4) is 0 Å². The van der Waals surface area contributed by atoms with Gasteiger partial charge in [-0.3, -0.25) is 4.79 Å². The number of unbranched alkanes of at least 4 members (excludes halogenated alkanes) is 1. The molecule has 0 bridgehead atoms. The number of carbonyl (C=O) groups is 1. The Morgan fingerprint density at radius 1 is 0.710 bits per heavy atom. The summed E-state index contributed by atoms with van der Waals surface area (Å²) < 4.78 is 0. The maximum absolute atomic E-state index is 11.9. The normalized spacial score (nSPS) is 10.9. The van der Waals surface area contributed by atoms with E-state index in [1.807, 2.05) is 7.05 Å². The van der Waals surface area contributed by atoms with Crippen LogP contribution < -0.4 is 43.5 Å². The van der Waals surface area contributed by atoms with E-state index in [0.29, 0.717) is 6.42 Å². The average molecular weight is 499 g/mol. The zero-order valence-corrected chi connectivity index (χ0v) is 20.6. The van der Waals surface area contributed by atoms with Crippen LogP contribution in [0.1, 0.15) is 19.3 Å².